The highest BCUT2D eigenvalue weighted by Gasteiger charge is 2.27. The van der Waals surface area contributed by atoms with Gasteiger partial charge in [-0.2, -0.15) is 0 Å². The first-order valence-electron chi connectivity index (χ1n) is 10.9. The van der Waals surface area contributed by atoms with Crippen LogP contribution in [0.2, 0.25) is 5.02 Å². The molecule has 1 N–H and O–H groups in total. The van der Waals surface area contributed by atoms with Crippen molar-refractivity contribution in [3.63, 3.8) is 0 Å². The summed E-state index contributed by atoms with van der Waals surface area (Å²) in [5.74, 6) is 0.230. The molecule has 0 atom stereocenters. The number of sulfonamides is 1. The maximum atomic E-state index is 13.7. The topological polar surface area (TPSA) is 88.7 Å². The van der Waals surface area contributed by atoms with Crippen LogP contribution in [-0.2, 0) is 26.0 Å². The van der Waals surface area contributed by atoms with Gasteiger partial charge in [0.1, 0.15) is 10.6 Å². The van der Waals surface area contributed by atoms with Crippen molar-refractivity contribution in [2.24, 2.45) is 0 Å². The Morgan fingerprint density at radius 2 is 1.74 bits per heavy atom. The van der Waals surface area contributed by atoms with Crippen molar-refractivity contribution < 1.29 is 22.7 Å². The number of carbonyl (C=O) groups excluding carboxylic acids is 1. The quantitative estimate of drug-likeness (QED) is 0.318. The van der Waals surface area contributed by atoms with E-state index in [4.69, 9.17) is 21.1 Å². The lowest BCUT2D eigenvalue weighted by Crippen LogP contribution is -2.31. The number of aromatic nitrogens is 1. The number of H-pyrrole nitrogens is 1. The lowest BCUT2D eigenvalue weighted by Gasteiger charge is -2.24. The van der Waals surface area contributed by atoms with E-state index in [-0.39, 0.29) is 22.9 Å². The fraction of sp³-hybridized carbons (Fsp3) is 0.192. The summed E-state index contributed by atoms with van der Waals surface area (Å²) in [7, 11) is -1.12. The molecule has 1 heterocycles. The van der Waals surface area contributed by atoms with Gasteiger partial charge in [-0.1, -0.05) is 35.9 Å². The number of carbonyl (C=O) groups is 1. The highest BCUT2D eigenvalue weighted by Crippen LogP contribution is 2.36. The zero-order valence-electron chi connectivity index (χ0n) is 19.5. The van der Waals surface area contributed by atoms with Crippen LogP contribution in [0.15, 0.2) is 71.6 Å². The molecular weight excluding hydrogens is 488 g/mol. The third kappa shape index (κ3) is 4.72. The van der Waals surface area contributed by atoms with Crippen molar-refractivity contribution in [1.82, 2.24) is 4.98 Å². The molecule has 0 saturated heterocycles. The van der Waals surface area contributed by atoms with Gasteiger partial charge in [0.25, 0.3) is 10.0 Å². The van der Waals surface area contributed by atoms with Gasteiger partial charge in [-0.15, -0.1) is 0 Å². The molecule has 182 valence electrons. The SMILES string of the molecule is CCN(c1ccc(OC)cc1)S(=O)(=O)c1cc(-c2[nH]c3ccccc3c2CC(=O)OC)ccc1Cl. The van der Waals surface area contributed by atoms with Crippen molar-refractivity contribution in [2.75, 3.05) is 25.1 Å². The van der Waals surface area contributed by atoms with Crippen LogP contribution in [-0.4, -0.2) is 40.1 Å². The molecule has 35 heavy (non-hydrogen) atoms. The molecule has 0 fully saturated rings. The summed E-state index contributed by atoms with van der Waals surface area (Å²) < 4.78 is 38.8. The highest BCUT2D eigenvalue weighted by molar-refractivity contribution is 7.93. The number of methoxy groups -OCH3 is 2. The number of ether oxygens (including phenoxy) is 2. The minimum absolute atomic E-state index is 0.0305. The number of nitrogens with one attached hydrogen (secondary N) is 1. The van der Waals surface area contributed by atoms with Gasteiger partial charge in [0.05, 0.1) is 37.0 Å². The summed E-state index contributed by atoms with van der Waals surface area (Å²) >= 11 is 6.42. The van der Waals surface area contributed by atoms with E-state index in [0.717, 1.165) is 16.5 Å². The standard InChI is InChI=1S/C26H25ClN2O5S/c1-4-29(18-10-12-19(33-2)13-11-18)35(31,32)24-15-17(9-14-22(24)27)26-21(16-25(30)34-3)20-7-5-6-8-23(20)28-26/h5-15,28H,4,16H2,1-3H3. The summed E-state index contributed by atoms with van der Waals surface area (Å²) in [5.41, 5.74) is 3.27. The number of benzene rings is 3. The maximum absolute atomic E-state index is 13.7. The van der Waals surface area contributed by atoms with Gasteiger partial charge >= 0.3 is 5.97 Å². The largest absolute Gasteiger partial charge is 0.497 e. The number of esters is 1. The zero-order valence-corrected chi connectivity index (χ0v) is 21.1. The first kappa shape index (κ1) is 24.6. The van der Waals surface area contributed by atoms with Gasteiger partial charge in [-0.25, -0.2) is 8.42 Å². The molecular formula is C26H25ClN2O5S. The Labute approximate surface area is 209 Å². The van der Waals surface area contributed by atoms with Crippen molar-refractivity contribution in [3.8, 4) is 17.0 Å². The molecule has 7 nitrogen and oxygen atoms in total. The van der Waals surface area contributed by atoms with Crippen LogP contribution in [0, 0.1) is 0 Å². The van der Waals surface area contributed by atoms with E-state index < -0.39 is 16.0 Å². The van der Waals surface area contributed by atoms with Crippen LogP contribution in [0.25, 0.3) is 22.2 Å². The highest BCUT2D eigenvalue weighted by atomic mass is 35.5. The van der Waals surface area contributed by atoms with Crippen LogP contribution >= 0.6 is 11.6 Å². The van der Waals surface area contributed by atoms with Crippen molar-refractivity contribution in [3.05, 3.63) is 77.3 Å². The Balaban J connectivity index is 1.84. The summed E-state index contributed by atoms with van der Waals surface area (Å²) in [6.07, 6.45) is 0.0352. The average Bonchev–Trinajstić information content (AvgIpc) is 3.23. The number of hydrogen-bond acceptors (Lipinski definition) is 5. The van der Waals surface area contributed by atoms with E-state index in [1.807, 2.05) is 24.3 Å². The number of para-hydroxylation sites is 1. The van der Waals surface area contributed by atoms with Crippen molar-refractivity contribution in [1.29, 1.82) is 0 Å². The van der Waals surface area contributed by atoms with Crippen molar-refractivity contribution >= 4 is 44.2 Å². The number of nitrogens with zero attached hydrogens (tertiary/aromatic N) is 1. The van der Waals surface area contributed by atoms with Gasteiger partial charge < -0.3 is 14.5 Å². The lowest BCUT2D eigenvalue weighted by atomic mass is 10.0. The van der Waals surface area contributed by atoms with E-state index in [0.29, 0.717) is 22.7 Å². The molecule has 0 saturated carbocycles. The summed E-state index contributed by atoms with van der Waals surface area (Å²) in [4.78, 5) is 15.4. The molecule has 0 aliphatic carbocycles. The molecule has 0 unspecified atom stereocenters. The smallest absolute Gasteiger partial charge is 0.310 e. The number of halogens is 1. The minimum Gasteiger partial charge on any atom is -0.497 e. The fourth-order valence-corrected chi connectivity index (χ4v) is 6.04. The molecule has 0 bridgehead atoms. The monoisotopic (exact) mass is 512 g/mol. The minimum atomic E-state index is -4.00. The lowest BCUT2D eigenvalue weighted by molar-refractivity contribution is -0.139. The van der Waals surface area contributed by atoms with Crippen molar-refractivity contribution in [2.45, 2.75) is 18.2 Å². The first-order valence-corrected chi connectivity index (χ1v) is 12.7. The number of fused-ring (bicyclic) bond motifs is 1. The molecule has 4 aromatic rings. The Bertz CT molecular complexity index is 1480. The fourth-order valence-electron chi connectivity index (χ4n) is 4.06. The Morgan fingerprint density at radius 1 is 1.03 bits per heavy atom. The van der Waals surface area contributed by atoms with E-state index in [1.54, 1.807) is 50.4 Å². The van der Waals surface area contributed by atoms with E-state index in [9.17, 15) is 13.2 Å². The number of hydrogen-bond donors (Lipinski definition) is 1. The zero-order chi connectivity index (χ0) is 25.2. The first-order chi connectivity index (χ1) is 16.8. The molecule has 0 aliphatic heterocycles. The summed E-state index contributed by atoms with van der Waals surface area (Å²) in [5, 5.41) is 0.965. The van der Waals surface area contributed by atoms with E-state index >= 15 is 0 Å². The van der Waals surface area contributed by atoms with E-state index in [2.05, 4.69) is 4.98 Å². The second-order valence-electron chi connectivity index (χ2n) is 7.79. The Hall–Kier alpha value is -3.49. The number of aromatic amines is 1. The molecule has 3 aromatic carbocycles. The van der Waals surface area contributed by atoms with Gasteiger partial charge in [0.15, 0.2) is 0 Å². The second-order valence-corrected chi connectivity index (χ2v) is 10.0. The van der Waals surface area contributed by atoms with Gasteiger partial charge in [-0.3, -0.25) is 9.10 Å². The molecule has 0 radical (unpaired) electrons. The molecule has 4 rings (SSSR count). The van der Waals surface area contributed by atoms with Crippen LogP contribution in [0.3, 0.4) is 0 Å². The normalized spacial score (nSPS) is 11.4. The van der Waals surface area contributed by atoms with Gasteiger partial charge in [0, 0.05) is 17.4 Å². The predicted molar refractivity (Wildman–Crippen MR) is 138 cm³/mol. The average molecular weight is 513 g/mol. The molecule has 0 aliphatic rings. The molecule has 0 amide bonds. The third-order valence-corrected chi connectivity index (χ3v) is 8.18. The van der Waals surface area contributed by atoms with Crippen LogP contribution < -0.4 is 9.04 Å². The summed E-state index contributed by atoms with van der Waals surface area (Å²) in [6.45, 7) is 1.96. The van der Waals surface area contributed by atoms with E-state index in [1.165, 1.54) is 17.5 Å². The Morgan fingerprint density at radius 3 is 2.40 bits per heavy atom. The number of anilines is 1. The van der Waals surface area contributed by atoms with Crippen LogP contribution in [0.4, 0.5) is 5.69 Å². The van der Waals surface area contributed by atoms with Crippen LogP contribution in [0.1, 0.15) is 12.5 Å². The second kappa shape index (κ2) is 10.0. The molecule has 0 spiro atoms. The van der Waals surface area contributed by atoms with Crippen LogP contribution in [0.5, 0.6) is 5.75 Å². The maximum Gasteiger partial charge on any atom is 0.310 e. The van der Waals surface area contributed by atoms with Gasteiger partial charge in [-0.05, 0) is 60.5 Å². The molecule has 1 aromatic heterocycles. The number of rotatable bonds is 8. The van der Waals surface area contributed by atoms with Gasteiger partial charge in [0.2, 0.25) is 0 Å². The third-order valence-electron chi connectivity index (χ3n) is 5.80. The summed E-state index contributed by atoms with van der Waals surface area (Å²) in [6, 6.07) is 19.2. The Kier molecular flexibility index (Phi) is 7.05. The molecule has 9 heteroatoms. The predicted octanol–water partition coefficient (Wildman–Crippen LogP) is 5.43.